The van der Waals surface area contributed by atoms with E-state index in [0.717, 1.165) is 5.48 Å². The highest BCUT2D eigenvalue weighted by atomic mass is 127. The molecule has 0 radical (unpaired) electrons. The molecule has 0 aliphatic carbocycles. The van der Waals surface area contributed by atoms with Crippen molar-refractivity contribution < 1.29 is 29.5 Å². The number of hydrogen-bond acceptors (Lipinski definition) is 1. The van der Waals surface area contributed by atoms with Crippen LogP contribution in [0.2, 0.25) is 5.02 Å². The van der Waals surface area contributed by atoms with E-state index >= 15 is 0 Å². The number of nitrogens with two attached hydrogens (primary N) is 1. The Balaban J connectivity index is 0.000000810. The molecule has 10 heavy (non-hydrogen) atoms. The molecule has 0 spiro atoms. The van der Waals surface area contributed by atoms with Crippen LogP contribution in [0.5, 0.6) is 0 Å². The van der Waals surface area contributed by atoms with Crippen LogP contribution in [-0.2, 0) is 0 Å². The standard InChI is InChI=1S/C6H6ClNO.HI/c7-5-1-3-6(8-9)4-2-5;/h1-4H,8H2;1H/p-1. The lowest BCUT2D eigenvalue weighted by atomic mass is 10.3. The second kappa shape index (κ2) is 4.90. The predicted molar refractivity (Wildman–Crippen MR) is 36.4 cm³/mol. The average molecular weight is 270 g/mol. The Morgan fingerprint density at radius 3 is 2.10 bits per heavy atom. The first kappa shape index (κ1) is 10.2. The molecule has 0 aromatic heterocycles. The Bertz CT molecular complexity index is 189. The van der Waals surface area contributed by atoms with E-state index in [1.165, 1.54) is 0 Å². The van der Waals surface area contributed by atoms with E-state index in [1.807, 2.05) is 0 Å². The van der Waals surface area contributed by atoms with Crippen molar-refractivity contribution in [2.24, 2.45) is 0 Å². The maximum atomic E-state index is 10.1. The molecule has 0 aliphatic rings. The predicted octanol–water partition coefficient (Wildman–Crippen LogP) is -1.96. The Labute approximate surface area is 81.2 Å². The molecule has 0 bridgehead atoms. The van der Waals surface area contributed by atoms with Crippen LogP contribution >= 0.6 is 11.6 Å². The van der Waals surface area contributed by atoms with Gasteiger partial charge < -0.3 is 34.7 Å². The van der Waals surface area contributed by atoms with Crippen LogP contribution in [0.4, 0.5) is 5.69 Å². The molecular formula is C6H6ClINO-. The molecule has 2 N–H and O–H groups in total. The third kappa shape index (κ3) is 2.83. The van der Waals surface area contributed by atoms with Gasteiger partial charge in [-0.1, -0.05) is 11.6 Å². The molecule has 0 fully saturated rings. The van der Waals surface area contributed by atoms with Gasteiger partial charge in [0.1, 0.15) is 5.69 Å². The maximum absolute atomic E-state index is 10.1. The fourth-order valence-electron chi connectivity index (χ4n) is 0.541. The lowest BCUT2D eigenvalue weighted by Gasteiger charge is -1.98. The molecule has 0 saturated heterocycles. The van der Waals surface area contributed by atoms with Crippen molar-refractivity contribution in [1.82, 2.24) is 0 Å². The lowest BCUT2D eigenvalue weighted by molar-refractivity contribution is -0.497. The quantitative estimate of drug-likeness (QED) is 0.359. The second-order valence-electron chi connectivity index (χ2n) is 1.67. The van der Waals surface area contributed by atoms with Crippen molar-refractivity contribution in [3.8, 4) is 0 Å². The number of hydrogen-bond donors (Lipinski definition) is 1. The number of quaternary nitrogens is 1. The second-order valence-corrected chi connectivity index (χ2v) is 2.11. The number of benzene rings is 1. The third-order valence-corrected chi connectivity index (χ3v) is 1.26. The average Bonchev–Trinajstić information content (AvgIpc) is 1.90. The third-order valence-electron chi connectivity index (χ3n) is 1.01. The summed E-state index contributed by atoms with van der Waals surface area (Å²) < 4.78 is 0. The van der Waals surface area contributed by atoms with Crippen LogP contribution in [0.3, 0.4) is 0 Å². The molecule has 1 aromatic carbocycles. The molecule has 0 unspecified atom stereocenters. The zero-order chi connectivity index (χ0) is 6.69. The van der Waals surface area contributed by atoms with E-state index in [2.05, 4.69) is 0 Å². The highest BCUT2D eigenvalue weighted by molar-refractivity contribution is 6.30. The Morgan fingerprint density at radius 2 is 1.70 bits per heavy atom. The van der Waals surface area contributed by atoms with Gasteiger partial charge in [0.25, 0.3) is 0 Å². The molecule has 0 saturated carbocycles. The summed E-state index contributed by atoms with van der Waals surface area (Å²) in [5.74, 6) is 0. The van der Waals surface area contributed by atoms with Gasteiger partial charge in [-0.2, -0.15) is 0 Å². The van der Waals surface area contributed by atoms with Gasteiger partial charge >= 0.3 is 0 Å². The normalized spacial score (nSPS) is 8.60. The van der Waals surface area contributed by atoms with Crippen LogP contribution < -0.4 is 29.5 Å². The van der Waals surface area contributed by atoms with Crippen LogP contribution in [0.15, 0.2) is 24.3 Å². The molecule has 1 rings (SSSR count). The van der Waals surface area contributed by atoms with E-state index < -0.39 is 0 Å². The molecule has 0 heterocycles. The fraction of sp³-hybridized carbons (Fsp3) is 0. The van der Waals surface area contributed by atoms with Gasteiger partial charge in [0.05, 0.1) is 0 Å². The summed E-state index contributed by atoms with van der Waals surface area (Å²) in [6.45, 7) is 0. The maximum Gasteiger partial charge on any atom is 0.129 e. The van der Waals surface area contributed by atoms with Gasteiger partial charge in [0, 0.05) is 17.2 Å². The summed E-state index contributed by atoms with van der Waals surface area (Å²) in [5, 5.41) is 10.7. The monoisotopic (exact) mass is 270 g/mol. The number of halogens is 2. The Kier molecular flexibility index (Phi) is 4.98. The topological polar surface area (TPSA) is 39.7 Å². The summed E-state index contributed by atoms with van der Waals surface area (Å²) in [4.78, 5) is 0. The van der Waals surface area contributed by atoms with Crippen molar-refractivity contribution in [2.45, 2.75) is 0 Å². The van der Waals surface area contributed by atoms with Crippen molar-refractivity contribution in [2.75, 3.05) is 0 Å². The van der Waals surface area contributed by atoms with Crippen LogP contribution in [-0.4, -0.2) is 0 Å². The van der Waals surface area contributed by atoms with Gasteiger partial charge in [-0.15, -0.1) is 0 Å². The molecule has 0 amide bonds. The summed E-state index contributed by atoms with van der Waals surface area (Å²) in [7, 11) is 0. The fourth-order valence-corrected chi connectivity index (χ4v) is 0.667. The van der Waals surface area contributed by atoms with E-state index in [4.69, 9.17) is 11.6 Å². The van der Waals surface area contributed by atoms with E-state index in [9.17, 15) is 5.21 Å². The summed E-state index contributed by atoms with van der Waals surface area (Å²) in [6, 6.07) is 6.72. The van der Waals surface area contributed by atoms with E-state index in [-0.39, 0.29) is 24.0 Å². The molecule has 0 atom stereocenters. The highest BCUT2D eigenvalue weighted by Crippen LogP contribution is 2.08. The van der Waals surface area contributed by atoms with Gasteiger partial charge in [0.2, 0.25) is 0 Å². The smallest absolute Gasteiger partial charge is 0.129 e. The van der Waals surface area contributed by atoms with Gasteiger partial charge in [-0.25, -0.2) is 0 Å². The molecule has 56 valence electrons. The first-order valence-corrected chi connectivity index (χ1v) is 2.91. The molecule has 0 aliphatic heterocycles. The molecule has 1 aromatic rings. The minimum atomic E-state index is 0. The zero-order valence-corrected chi connectivity index (χ0v) is 7.96. The van der Waals surface area contributed by atoms with Crippen molar-refractivity contribution in [3.63, 3.8) is 0 Å². The largest absolute Gasteiger partial charge is 1.00 e. The van der Waals surface area contributed by atoms with E-state index in [0.29, 0.717) is 10.7 Å². The first-order chi connectivity index (χ1) is 4.33. The van der Waals surface area contributed by atoms with Gasteiger partial charge in [0.15, 0.2) is 0 Å². The highest BCUT2D eigenvalue weighted by Gasteiger charge is 1.87. The number of rotatable bonds is 1. The summed E-state index contributed by atoms with van der Waals surface area (Å²) in [5.41, 5.74) is 1.44. The van der Waals surface area contributed by atoms with Crippen LogP contribution in [0, 0.1) is 5.21 Å². The summed E-state index contributed by atoms with van der Waals surface area (Å²) >= 11 is 5.55. The SMILES string of the molecule is [I-].[O-][NH2+]c1ccc(Cl)cc1. The molecular weight excluding hydrogens is 264 g/mol. The Morgan fingerprint density at radius 1 is 1.20 bits per heavy atom. The van der Waals surface area contributed by atoms with Crippen molar-refractivity contribution in [1.29, 1.82) is 0 Å². The Hall–Kier alpha value is 0.160. The van der Waals surface area contributed by atoms with Crippen molar-refractivity contribution >= 4 is 17.3 Å². The first-order valence-electron chi connectivity index (χ1n) is 2.53. The van der Waals surface area contributed by atoms with Crippen molar-refractivity contribution in [3.05, 3.63) is 34.5 Å². The molecule has 4 heteroatoms. The minimum Gasteiger partial charge on any atom is -1.00 e. The lowest BCUT2D eigenvalue weighted by Crippen LogP contribution is -3.00. The minimum absolute atomic E-state index is 0. The van der Waals surface area contributed by atoms with Crippen LogP contribution in [0.25, 0.3) is 0 Å². The van der Waals surface area contributed by atoms with Gasteiger partial charge in [-0.3, -0.25) is 0 Å². The summed E-state index contributed by atoms with van der Waals surface area (Å²) in [6.07, 6.45) is 0. The zero-order valence-electron chi connectivity index (χ0n) is 5.05. The van der Waals surface area contributed by atoms with E-state index in [1.54, 1.807) is 24.3 Å². The van der Waals surface area contributed by atoms with Gasteiger partial charge in [-0.05, 0) is 12.1 Å². The molecule has 2 nitrogen and oxygen atoms in total. The van der Waals surface area contributed by atoms with Crippen LogP contribution in [0.1, 0.15) is 0 Å².